The molecule has 2 unspecified atom stereocenters. The van der Waals surface area contributed by atoms with Crippen LogP contribution < -0.4 is 5.73 Å². The van der Waals surface area contributed by atoms with Gasteiger partial charge in [-0.05, 0) is 30.2 Å². The Kier molecular flexibility index (Phi) is 2.67. The Hall–Kier alpha value is -1.07. The number of alkyl halides is 3. The van der Waals surface area contributed by atoms with Crippen LogP contribution in [-0.4, -0.2) is 6.10 Å². The Morgan fingerprint density at radius 2 is 2.06 bits per heavy atom. The summed E-state index contributed by atoms with van der Waals surface area (Å²) in [7, 11) is 0. The summed E-state index contributed by atoms with van der Waals surface area (Å²) in [6.45, 7) is 2.08. The minimum atomic E-state index is -4.32. The number of hydrogen-bond donors (Lipinski definition) is 1. The average molecular weight is 231 g/mol. The maximum absolute atomic E-state index is 12.5. The van der Waals surface area contributed by atoms with Crippen LogP contribution in [0.2, 0.25) is 0 Å². The third kappa shape index (κ3) is 1.92. The van der Waals surface area contributed by atoms with E-state index in [1.165, 1.54) is 6.07 Å². The van der Waals surface area contributed by atoms with E-state index in [0.29, 0.717) is 12.2 Å². The fraction of sp³-hybridized carbons (Fsp3) is 0.455. The highest BCUT2D eigenvalue weighted by molar-refractivity contribution is 5.36. The molecule has 0 saturated heterocycles. The summed E-state index contributed by atoms with van der Waals surface area (Å²) in [5.41, 5.74) is 6.42. The summed E-state index contributed by atoms with van der Waals surface area (Å²) in [5.74, 6) is 0. The Labute approximate surface area is 91.2 Å². The second-order valence-electron chi connectivity index (χ2n) is 3.95. The van der Waals surface area contributed by atoms with Gasteiger partial charge in [0.15, 0.2) is 0 Å². The molecule has 1 aromatic carbocycles. The maximum Gasteiger partial charge on any atom is 0.416 e. The fourth-order valence-corrected chi connectivity index (χ4v) is 1.79. The molecule has 1 aliphatic rings. The van der Waals surface area contributed by atoms with E-state index < -0.39 is 17.8 Å². The molecule has 88 valence electrons. The van der Waals surface area contributed by atoms with Crippen LogP contribution in [0.3, 0.4) is 0 Å². The molecule has 0 saturated carbocycles. The van der Waals surface area contributed by atoms with E-state index in [1.807, 2.05) is 0 Å². The normalized spacial score (nSPS) is 25.3. The molecule has 0 fully saturated rings. The Morgan fingerprint density at radius 3 is 2.69 bits per heavy atom. The van der Waals surface area contributed by atoms with Gasteiger partial charge in [0.25, 0.3) is 0 Å². The first-order valence-electron chi connectivity index (χ1n) is 4.97. The van der Waals surface area contributed by atoms with Crippen molar-refractivity contribution in [3.63, 3.8) is 0 Å². The molecule has 0 amide bonds. The van der Waals surface area contributed by atoms with Gasteiger partial charge in [0, 0.05) is 0 Å². The van der Waals surface area contributed by atoms with E-state index in [1.54, 1.807) is 6.92 Å². The topological polar surface area (TPSA) is 35.2 Å². The molecule has 1 heterocycles. The van der Waals surface area contributed by atoms with Crippen LogP contribution in [0.1, 0.15) is 29.7 Å². The van der Waals surface area contributed by atoms with E-state index in [-0.39, 0.29) is 6.10 Å². The zero-order valence-electron chi connectivity index (χ0n) is 8.71. The summed E-state index contributed by atoms with van der Waals surface area (Å²) >= 11 is 0. The molecule has 0 aromatic heterocycles. The molecule has 0 aliphatic carbocycles. The van der Waals surface area contributed by atoms with Crippen LogP contribution in [0.5, 0.6) is 0 Å². The molecule has 16 heavy (non-hydrogen) atoms. The number of benzene rings is 1. The van der Waals surface area contributed by atoms with E-state index >= 15 is 0 Å². The Bertz CT molecular complexity index is 403. The molecule has 2 N–H and O–H groups in total. The summed E-state index contributed by atoms with van der Waals surface area (Å²) in [5, 5.41) is 0. The van der Waals surface area contributed by atoms with Gasteiger partial charge in [-0.1, -0.05) is 6.07 Å². The van der Waals surface area contributed by atoms with Crippen LogP contribution in [-0.2, 0) is 17.5 Å². The van der Waals surface area contributed by atoms with Crippen molar-refractivity contribution in [1.82, 2.24) is 0 Å². The number of nitrogens with two attached hydrogens (primary N) is 1. The van der Waals surface area contributed by atoms with Crippen molar-refractivity contribution in [3.8, 4) is 0 Å². The third-order valence-electron chi connectivity index (χ3n) is 2.84. The lowest BCUT2D eigenvalue weighted by Gasteiger charge is -2.29. The first-order chi connectivity index (χ1) is 7.39. The number of fused-ring (bicyclic) bond motifs is 1. The van der Waals surface area contributed by atoms with Gasteiger partial charge >= 0.3 is 6.18 Å². The maximum atomic E-state index is 12.5. The molecular weight excluding hydrogens is 219 g/mol. The predicted molar refractivity (Wildman–Crippen MR) is 52.6 cm³/mol. The van der Waals surface area contributed by atoms with Gasteiger partial charge in [0.05, 0.1) is 24.3 Å². The van der Waals surface area contributed by atoms with Crippen LogP contribution >= 0.6 is 0 Å². The summed E-state index contributed by atoms with van der Waals surface area (Å²) < 4.78 is 42.9. The number of hydrogen-bond acceptors (Lipinski definition) is 2. The summed E-state index contributed by atoms with van der Waals surface area (Å²) in [4.78, 5) is 0. The van der Waals surface area contributed by atoms with Gasteiger partial charge in [-0.25, -0.2) is 0 Å². The smallest absolute Gasteiger partial charge is 0.372 e. The van der Waals surface area contributed by atoms with Crippen molar-refractivity contribution < 1.29 is 17.9 Å². The molecule has 2 rings (SSSR count). The van der Waals surface area contributed by atoms with Crippen LogP contribution in [0.4, 0.5) is 13.2 Å². The molecule has 2 nitrogen and oxygen atoms in total. The van der Waals surface area contributed by atoms with Gasteiger partial charge < -0.3 is 10.5 Å². The second kappa shape index (κ2) is 3.75. The molecule has 1 aromatic rings. The molecular formula is C11H12F3NO. The van der Waals surface area contributed by atoms with Crippen molar-refractivity contribution in [2.45, 2.75) is 31.9 Å². The van der Waals surface area contributed by atoms with Crippen molar-refractivity contribution in [3.05, 3.63) is 34.9 Å². The highest BCUT2D eigenvalue weighted by Gasteiger charge is 2.33. The van der Waals surface area contributed by atoms with Gasteiger partial charge in [0.1, 0.15) is 0 Å². The first kappa shape index (κ1) is 11.4. The van der Waals surface area contributed by atoms with E-state index in [2.05, 4.69) is 0 Å². The van der Waals surface area contributed by atoms with Gasteiger partial charge in [0.2, 0.25) is 0 Å². The minimum Gasteiger partial charge on any atom is -0.372 e. The first-order valence-corrected chi connectivity index (χ1v) is 4.97. The van der Waals surface area contributed by atoms with Gasteiger partial charge in [-0.15, -0.1) is 0 Å². The van der Waals surface area contributed by atoms with Crippen molar-refractivity contribution in [2.24, 2.45) is 5.73 Å². The fourth-order valence-electron chi connectivity index (χ4n) is 1.79. The monoisotopic (exact) mass is 231 g/mol. The zero-order valence-corrected chi connectivity index (χ0v) is 8.71. The average Bonchev–Trinajstić information content (AvgIpc) is 2.22. The molecule has 2 atom stereocenters. The SMILES string of the molecule is CC1OCc2ccc(C(F)(F)F)cc2C1N. The Morgan fingerprint density at radius 1 is 1.38 bits per heavy atom. The van der Waals surface area contributed by atoms with Crippen molar-refractivity contribution >= 4 is 0 Å². The van der Waals surface area contributed by atoms with Crippen molar-refractivity contribution in [1.29, 1.82) is 0 Å². The number of halogens is 3. The Balaban J connectivity index is 2.45. The molecule has 0 bridgehead atoms. The van der Waals surface area contributed by atoms with E-state index in [0.717, 1.165) is 17.7 Å². The molecule has 0 spiro atoms. The van der Waals surface area contributed by atoms with Crippen LogP contribution in [0, 0.1) is 0 Å². The highest BCUT2D eigenvalue weighted by Crippen LogP contribution is 2.34. The van der Waals surface area contributed by atoms with E-state index in [9.17, 15) is 13.2 Å². The van der Waals surface area contributed by atoms with Crippen LogP contribution in [0.25, 0.3) is 0 Å². The molecule has 5 heteroatoms. The zero-order chi connectivity index (χ0) is 11.9. The lowest BCUT2D eigenvalue weighted by Crippen LogP contribution is -2.31. The summed E-state index contributed by atoms with van der Waals surface area (Å²) in [6, 6.07) is 3.12. The lowest BCUT2D eigenvalue weighted by molar-refractivity contribution is -0.137. The van der Waals surface area contributed by atoms with Crippen molar-refractivity contribution in [2.75, 3.05) is 0 Å². The quantitative estimate of drug-likeness (QED) is 0.744. The predicted octanol–water partition coefficient (Wildman–Crippen LogP) is 2.62. The largest absolute Gasteiger partial charge is 0.416 e. The van der Waals surface area contributed by atoms with E-state index in [4.69, 9.17) is 10.5 Å². The summed E-state index contributed by atoms with van der Waals surface area (Å²) in [6.07, 6.45) is -4.58. The van der Waals surface area contributed by atoms with Gasteiger partial charge in [-0.2, -0.15) is 13.2 Å². The molecule has 1 aliphatic heterocycles. The highest BCUT2D eigenvalue weighted by atomic mass is 19.4. The lowest BCUT2D eigenvalue weighted by atomic mass is 9.93. The minimum absolute atomic E-state index is 0.254. The third-order valence-corrected chi connectivity index (χ3v) is 2.84. The number of ether oxygens (including phenoxy) is 1. The van der Waals surface area contributed by atoms with Gasteiger partial charge in [-0.3, -0.25) is 0 Å². The number of rotatable bonds is 0. The molecule has 0 radical (unpaired) electrons. The van der Waals surface area contributed by atoms with Crippen LogP contribution in [0.15, 0.2) is 18.2 Å². The standard InChI is InChI=1S/C11H12F3NO/c1-6-10(15)9-4-8(11(12,13)14)3-2-7(9)5-16-6/h2-4,6,10H,5,15H2,1H3. The second-order valence-corrected chi connectivity index (χ2v) is 3.95.